The van der Waals surface area contributed by atoms with E-state index in [1.807, 2.05) is 30.3 Å². The first-order valence-corrected chi connectivity index (χ1v) is 14.2. The SMILES string of the molecule is O=C(NCc1c(Cl)cc(Cl)cc1Cl)c1ccc(I)cc1N(c1nsnc1Cc1ccccc1)S(=O)O. The summed E-state index contributed by atoms with van der Waals surface area (Å²) in [6.07, 6.45) is 0.402. The van der Waals surface area contributed by atoms with Gasteiger partial charge in [0.1, 0.15) is 5.69 Å². The van der Waals surface area contributed by atoms with Crippen LogP contribution in [0.4, 0.5) is 11.5 Å². The van der Waals surface area contributed by atoms with Gasteiger partial charge in [0.05, 0.1) is 23.0 Å². The number of carbonyl (C=O) groups excluding carboxylic acids is 1. The Hall–Kier alpha value is -1.80. The van der Waals surface area contributed by atoms with Gasteiger partial charge in [-0.2, -0.15) is 8.75 Å². The minimum Gasteiger partial charge on any atom is -0.348 e. The van der Waals surface area contributed by atoms with Crippen LogP contribution in [0.15, 0.2) is 60.7 Å². The Morgan fingerprint density at radius 1 is 1.06 bits per heavy atom. The standard InChI is InChI=1S/C23H16Cl3IN4O3S2/c24-14-9-18(25)17(19(26)10-14)12-28-23(32)16-7-6-15(27)11-21(16)31(36(33)34)22-20(29-35-30-22)8-13-4-2-1-3-5-13/h1-7,9-11H,8,12H2,(H,28,32)(H,33,34). The highest BCUT2D eigenvalue weighted by Gasteiger charge is 2.27. The van der Waals surface area contributed by atoms with Crippen molar-refractivity contribution in [2.45, 2.75) is 13.0 Å². The lowest BCUT2D eigenvalue weighted by Gasteiger charge is -2.22. The van der Waals surface area contributed by atoms with E-state index in [1.54, 1.807) is 18.2 Å². The fourth-order valence-electron chi connectivity index (χ4n) is 3.40. The molecule has 36 heavy (non-hydrogen) atoms. The van der Waals surface area contributed by atoms with Crippen molar-refractivity contribution in [3.63, 3.8) is 0 Å². The largest absolute Gasteiger partial charge is 0.348 e. The number of carbonyl (C=O) groups is 1. The summed E-state index contributed by atoms with van der Waals surface area (Å²) in [5.41, 5.74) is 2.35. The van der Waals surface area contributed by atoms with Gasteiger partial charge in [-0.05, 0) is 58.5 Å². The van der Waals surface area contributed by atoms with Crippen molar-refractivity contribution in [1.29, 1.82) is 0 Å². The molecule has 1 amide bonds. The Morgan fingerprint density at radius 2 is 1.75 bits per heavy atom. The van der Waals surface area contributed by atoms with Gasteiger partial charge < -0.3 is 5.32 Å². The number of halogens is 4. The van der Waals surface area contributed by atoms with Crippen LogP contribution in [0, 0.1) is 3.57 Å². The quantitative estimate of drug-likeness (QED) is 0.155. The van der Waals surface area contributed by atoms with Gasteiger partial charge in [0.25, 0.3) is 17.2 Å². The number of aromatic nitrogens is 2. The van der Waals surface area contributed by atoms with Crippen LogP contribution in [0.1, 0.15) is 27.2 Å². The van der Waals surface area contributed by atoms with Gasteiger partial charge in [-0.25, -0.2) is 8.51 Å². The monoisotopic (exact) mass is 692 g/mol. The summed E-state index contributed by atoms with van der Waals surface area (Å²) in [6, 6.07) is 17.6. The van der Waals surface area contributed by atoms with Crippen LogP contribution in [0.5, 0.6) is 0 Å². The van der Waals surface area contributed by atoms with E-state index >= 15 is 0 Å². The summed E-state index contributed by atoms with van der Waals surface area (Å²) in [7, 11) is 0. The summed E-state index contributed by atoms with van der Waals surface area (Å²) in [5.74, 6) is -0.295. The molecule has 0 radical (unpaired) electrons. The molecule has 1 atom stereocenters. The summed E-state index contributed by atoms with van der Waals surface area (Å²) < 4.78 is 33.3. The molecule has 1 heterocycles. The Balaban J connectivity index is 1.68. The van der Waals surface area contributed by atoms with Crippen molar-refractivity contribution in [1.82, 2.24) is 14.1 Å². The van der Waals surface area contributed by atoms with E-state index < -0.39 is 17.2 Å². The van der Waals surface area contributed by atoms with Crippen LogP contribution in [0.3, 0.4) is 0 Å². The van der Waals surface area contributed by atoms with Crippen molar-refractivity contribution in [2.75, 3.05) is 4.31 Å². The lowest BCUT2D eigenvalue weighted by molar-refractivity contribution is 0.0951. The molecule has 0 aliphatic carbocycles. The average Bonchev–Trinajstić information content (AvgIpc) is 3.26. The number of nitrogens with one attached hydrogen (secondary N) is 1. The van der Waals surface area contributed by atoms with Gasteiger partial charge in [-0.1, -0.05) is 65.1 Å². The first-order valence-electron chi connectivity index (χ1n) is 10.2. The van der Waals surface area contributed by atoms with Crippen LogP contribution in [-0.4, -0.2) is 23.4 Å². The first-order chi connectivity index (χ1) is 17.2. The van der Waals surface area contributed by atoms with Gasteiger partial charge in [-0.15, -0.1) is 0 Å². The number of rotatable bonds is 8. The zero-order valence-electron chi connectivity index (χ0n) is 18.1. The normalized spacial score (nSPS) is 11.8. The average molecular weight is 694 g/mol. The van der Waals surface area contributed by atoms with E-state index in [2.05, 4.69) is 36.7 Å². The van der Waals surface area contributed by atoms with Crippen molar-refractivity contribution in [3.8, 4) is 0 Å². The van der Waals surface area contributed by atoms with Gasteiger partial charge in [-0.3, -0.25) is 9.35 Å². The number of benzene rings is 3. The molecule has 186 valence electrons. The lowest BCUT2D eigenvalue weighted by atomic mass is 10.1. The van der Waals surface area contributed by atoms with E-state index in [0.29, 0.717) is 32.7 Å². The van der Waals surface area contributed by atoms with E-state index in [4.69, 9.17) is 34.8 Å². The second kappa shape index (κ2) is 12.2. The molecule has 0 fully saturated rings. The second-order valence-electron chi connectivity index (χ2n) is 7.41. The molecular weight excluding hydrogens is 678 g/mol. The smallest absolute Gasteiger partial charge is 0.268 e. The van der Waals surface area contributed by atoms with E-state index in [-0.39, 0.29) is 23.6 Å². The predicted molar refractivity (Wildman–Crippen MR) is 154 cm³/mol. The van der Waals surface area contributed by atoms with Gasteiger partial charge in [0.2, 0.25) is 0 Å². The van der Waals surface area contributed by atoms with E-state index in [9.17, 15) is 13.6 Å². The molecule has 0 saturated carbocycles. The molecule has 1 unspecified atom stereocenters. The fourth-order valence-corrected chi connectivity index (χ4v) is 6.04. The van der Waals surface area contributed by atoms with Crippen molar-refractivity contribution in [3.05, 3.63) is 102 Å². The lowest BCUT2D eigenvalue weighted by Crippen LogP contribution is -2.28. The minimum atomic E-state index is -2.54. The summed E-state index contributed by atoms with van der Waals surface area (Å²) in [4.78, 5) is 13.2. The van der Waals surface area contributed by atoms with Crippen LogP contribution in [0.25, 0.3) is 0 Å². The molecule has 4 aromatic rings. The zero-order valence-corrected chi connectivity index (χ0v) is 24.2. The summed E-state index contributed by atoms with van der Waals surface area (Å²) in [6.45, 7) is 0.0266. The molecule has 0 spiro atoms. The Morgan fingerprint density at radius 3 is 2.42 bits per heavy atom. The van der Waals surface area contributed by atoms with Gasteiger partial charge in [0.15, 0.2) is 5.82 Å². The zero-order chi connectivity index (χ0) is 25.8. The van der Waals surface area contributed by atoms with Crippen LogP contribution >= 0.6 is 69.1 Å². The molecule has 1 aromatic heterocycles. The van der Waals surface area contributed by atoms with Gasteiger partial charge in [0, 0.05) is 37.2 Å². The molecule has 0 saturated heterocycles. The third-order valence-corrected chi connectivity index (χ3v) is 7.86. The maximum atomic E-state index is 13.2. The van der Waals surface area contributed by atoms with Gasteiger partial charge >= 0.3 is 0 Å². The molecule has 3 aromatic carbocycles. The first kappa shape index (κ1) is 27.2. The van der Waals surface area contributed by atoms with Crippen LogP contribution in [-0.2, 0) is 24.2 Å². The summed E-state index contributed by atoms with van der Waals surface area (Å²) >= 11 is 18.9. The minimum absolute atomic E-state index is 0.0266. The molecular formula is C23H16Cl3IN4O3S2. The van der Waals surface area contributed by atoms with Crippen molar-refractivity contribution >= 4 is 97.8 Å². The molecule has 2 N–H and O–H groups in total. The van der Waals surface area contributed by atoms with E-state index in [0.717, 1.165) is 25.2 Å². The number of nitrogens with zero attached hydrogens (tertiary/aromatic N) is 3. The topological polar surface area (TPSA) is 95.4 Å². The molecule has 13 heteroatoms. The number of amides is 1. The number of hydrogen-bond donors (Lipinski definition) is 2. The number of anilines is 2. The number of hydrogen-bond acceptors (Lipinski definition) is 5. The van der Waals surface area contributed by atoms with Crippen molar-refractivity contribution in [2.24, 2.45) is 0 Å². The van der Waals surface area contributed by atoms with Crippen LogP contribution < -0.4 is 9.62 Å². The van der Waals surface area contributed by atoms with Crippen LogP contribution in [0.2, 0.25) is 15.1 Å². The maximum Gasteiger partial charge on any atom is 0.268 e. The fraction of sp³-hybridized carbons (Fsp3) is 0.0870. The van der Waals surface area contributed by atoms with E-state index in [1.165, 1.54) is 12.1 Å². The molecule has 0 aliphatic rings. The highest BCUT2D eigenvalue weighted by molar-refractivity contribution is 14.1. The Labute approximate surface area is 242 Å². The highest BCUT2D eigenvalue weighted by atomic mass is 127. The molecule has 0 aliphatic heterocycles. The Kier molecular flexibility index (Phi) is 9.20. The molecule has 0 bridgehead atoms. The predicted octanol–water partition coefficient (Wildman–Crippen LogP) is 6.90. The second-order valence-corrected chi connectivity index (χ2v) is 11.3. The third-order valence-electron chi connectivity index (χ3n) is 5.05. The Bertz CT molecular complexity index is 1420. The highest BCUT2D eigenvalue weighted by Crippen LogP contribution is 2.34. The molecule has 4 rings (SSSR count). The maximum absolute atomic E-state index is 13.2. The third kappa shape index (κ3) is 6.36. The summed E-state index contributed by atoms with van der Waals surface area (Å²) in [5, 5.41) is 3.78. The van der Waals surface area contributed by atoms with Crippen molar-refractivity contribution < 1.29 is 13.6 Å². The molecule has 7 nitrogen and oxygen atoms in total.